The highest BCUT2D eigenvalue weighted by Crippen LogP contribution is 2.25. The van der Waals surface area contributed by atoms with Crippen molar-refractivity contribution in [3.8, 4) is 0 Å². The summed E-state index contributed by atoms with van der Waals surface area (Å²) in [6, 6.07) is 24.0. The van der Waals surface area contributed by atoms with Crippen LogP contribution in [0.5, 0.6) is 0 Å². The molecule has 2 saturated heterocycles. The van der Waals surface area contributed by atoms with Crippen molar-refractivity contribution in [1.29, 1.82) is 0 Å². The van der Waals surface area contributed by atoms with Crippen LogP contribution in [0.2, 0.25) is 0 Å². The van der Waals surface area contributed by atoms with Crippen molar-refractivity contribution in [2.24, 2.45) is 0 Å². The van der Waals surface area contributed by atoms with Gasteiger partial charge in [-0.2, -0.15) is 17.0 Å². The van der Waals surface area contributed by atoms with E-state index in [1.807, 2.05) is 66.7 Å². The Morgan fingerprint density at radius 3 is 1.52 bits per heavy atom. The third-order valence-electron chi connectivity index (χ3n) is 8.92. The molecule has 3 amide bonds. The zero-order valence-electron chi connectivity index (χ0n) is 41.4. The van der Waals surface area contributed by atoms with Crippen LogP contribution in [0.1, 0.15) is 98.3 Å². The Hall–Kier alpha value is -6.14. The molecular formula is C48H65N3O18S2. The van der Waals surface area contributed by atoms with Crippen LogP contribution in [0.4, 0.5) is 14.4 Å². The van der Waals surface area contributed by atoms with Gasteiger partial charge in [-0.15, -0.1) is 0 Å². The fraction of sp³-hybridized carbons (Fsp3) is 0.500. The van der Waals surface area contributed by atoms with E-state index >= 15 is 0 Å². The first-order valence-electron chi connectivity index (χ1n) is 22.4. The standard InChI is InChI=1S/C16H21NO7S.C16H21NO6S.C16H23NO5/c1-16(2,3)24-15(19)17-13(9-10-23-25(17,20)21)14(18)22-11-12-7-5-4-6-8-12;1-16(2,3)23-15(19)17-13(9-10-22-24(17)20)14(18)21-11-12-7-5-4-6-8-12;1-16(2,3)22-15(20)17-13(9-10-18)14(19)21-11-12-7-5-4-6-8-12/h4-8,13H,9-11H2,1-3H3;4-8,13H,9-11H2,1-3H3;4-8,13,18H,9-11H2,1-3H3,(H,17,20)/t13-;13-,24?;13-/m000/s1. The molecule has 71 heavy (non-hydrogen) atoms. The number of carbonyl (C=O) groups is 6. The van der Waals surface area contributed by atoms with E-state index in [2.05, 4.69) is 9.50 Å². The molecule has 0 bridgehead atoms. The molecule has 0 spiro atoms. The minimum Gasteiger partial charge on any atom is -0.459 e. The molecule has 0 radical (unpaired) electrons. The van der Waals surface area contributed by atoms with Gasteiger partial charge < -0.3 is 38.8 Å². The third kappa shape index (κ3) is 21.8. The lowest BCUT2D eigenvalue weighted by Gasteiger charge is -2.33. The summed E-state index contributed by atoms with van der Waals surface area (Å²) in [6.45, 7) is 14.8. The van der Waals surface area contributed by atoms with Gasteiger partial charge in [0.2, 0.25) is 0 Å². The lowest BCUT2D eigenvalue weighted by Crippen LogP contribution is -2.54. The fourth-order valence-electron chi connectivity index (χ4n) is 5.86. The number of hydrogen-bond donors (Lipinski definition) is 2. The van der Waals surface area contributed by atoms with Gasteiger partial charge in [0.25, 0.3) is 11.3 Å². The van der Waals surface area contributed by atoms with Crippen LogP contribution in [0.3, 0.4) is 0 Å². The average molecular weight is 1040 g/mol. The van der Waals surface area contributed by atoms with Crippen LogP contribution >= 0.6 is 0 Å². The highest BCUT2D eigenvalue weighted by atomic mass is 32.2. The number of nitrogens with zero attached hydrogens (tertiary/aromatic N) is 2. The number of aliphatic hydroxyl groups is 1. The van der Waals surface area contributed by atoms with Gasteiger partial charge in [-0.05, 0) is 79.0 Å². The van der Waals surface area contributed by atoms with Crippen molar-refractivity contribution in [2.45, 2.75) is 136 Å². The number of amides is 3. The van der Waals surface area contributed by atoms with Crippen molar-refractivity contribution in [3.63, 3.8) is 0 Å². The number of ether oxygens (including phenoxy) is 6. The molecular weight excluding hydrogens is 971 g/mol. The van der Waals surface area contributed by atoms with E-state index in [4.69, 9.17) is 37.7 Å². The SMILES string of the molecule is CC(C)(C)OC(=O)N1[C@H](C(=O)OCc2ccccc2)CCOS1(=O)=O.CC(C)(C)OC(=O)N1[C@H](C(=O)OCc2ccccc2)CCOS1=O.CC(C)(C)OC(=O)N[C@@H](CCO)C(=O)OCc1ccccc1. The van der Waals surface area contributed by atoms with Gasteiger partial charge in [-0.25, -0.2) is 33.0 Å². The molecule has 392 valence electrons. The molecule has 2 fully saturated rings. The Morgan fingerprint density at radius 2 is 1.07 bits per heavy atom. The molecule has 21 nitrogen and oxygen atoms in total. The van der Waals surface area contributed by atoms with Crippen LogP contribution in [-0.2, 0) is 92.6 Å². The number of aliphatic hydroxyl groups excluding tert-OH is 1. The minimum absolute atomic E-state index is 0.00784. The molecule has 2 heterocycles. The Bertz CT molecular complexity index is 2340. The van der Waals surface area contributed by atoms with Gasteiger partial charge in [-0.1, -0.05) is 91.0 Å². The van der Waals surface area contributed by atoms with E-state index in [-0.39, 0.29) is 58.9 Å². The number of alkyl carbamates (subject to hydrolysis) is 1. The van der Waals surface area contributed by atoms with E-state index in [0.29, 0.717) is 4.31 Å². The second kappa shape index (κ2) is 27.5. The molecule has 5 rings (SSSR count). The van der Waals surface area contributed by atoms with Crippen LogP contribution in [-0.4, -0.2) is 117 Å². The molecule has 2 aliphatic heterocycles. The number of esters is 3. The summed E-state index contributed by atoms with van der Waals surface area (Å²) in [5.41, 5.74) is 0.0370. The van der Waals surface area contributed by atoms with E-state index < -0.39 is 92.7 Å². The topological polar surface area (TPSA) is 266 Å². The second-order valence-electron chi connectivity index (χ2n) is 18.5. The number of benzene rings is 3. The maximum Gasteiger partial charge on any atom is 0.426 e. The lowest BCUT2D eigenvalue weighted by atomic mass is 10.2. The summed E-state index contributed by atoms with van der Waals surface area (Å²) in [5, 5.41) is 11.4. The fourth-order valence-corrected chi connectivity index (χ4v) is 7.91. The van der Waals surface area contributed by atoms with Gasteiger partial charge in [0.05, 0.1) is 13.2 Å². The van der Waals surface area contributed by atoms with Crippen molar-refractivity contribution >= 4 is 57.8 Å². The molecule has 4 atom stereocenters. The van der Waals surface area contributed by atoms with Gasteiger partial charge in [0, 0.05) is 25.9 Å². The molecule has 3 aromatic carbocycles. The largest absolute Gasteiger partial charge is 0.459 e. The number of hydrogen-bond acceptors (Lipinski definition) is 18. The smallest absolute Gasteiger partial charge is 0.426 e. The maximum atomic E-state index is 12.3. The van der Waals surface area contributed by atoms with Crippen molar-refractivity contribution in [1.82, 2.24) is 13.9 Å². The molecule has 23 heteroatoms. The molecule has 0 aromatic heterocycles. The molecule has 2 aliphatic rings. The van der Waals surface area contributed by atoms with E-state index in [1.54, 1.807) is 86.6 Å². The Balaban J connectivity index is 0.000000282. The summed E-state index contributed by atoms with van der Waals surface area (Å²) in [7, 11) is -4.41. The number of nitrogens with one attached hydrogen (secondary N) is 1. The Kier molecular flexibility index (Phi) is 22.9. The molecule has 2 N–H and O–H groups in total. The molecule has 1 unspecified atom stereocenters. The lowest BCUT2D eigenvalue weighted by molar-refractivity contribution is -0.151. The van der Waals surface area contributed by atoms with Gasteiger partial charge in [-0.3, -0.25) is 8.37 Å². The van der Waals surface area contributed by atoms with Crippen LogP contribution in [0.25, 0.3) is 0 Å². The highest BCUT2D eigenvalue weighted by molar-refractivity contribution is 7.85. The summed E-state index contributed by atoms with van der Waals surface area (Å²) < 4.78 is 77.8. The van der Waals surface area contributed by atoms with E-state index in [1.165, 1.54) is 0 Å². The van der Waals surface area contributed by atoms with Crippen LogP contribution < -0.4 is 5.32 Å². The quantitative estimate of drug-likeness (QED) is 0.148. The number of carbonyl (C=O) groups excluding carboxylic acids is 6. The maximum absolute atomic E-state index is 12.3. The van der Waals surface area contributed by atoms with Gasteiger partial charge in [0.1, 0.15) is 42.7 Å². The van der Waals surface area contributed by atoms with Crippen molar-refractivity contribution in [3.05, 3.63) is 108 Å². The Labute approximate surface area is 417 Å². The first-order chi connectivity index (χ1) is 33.2. The highest BCUT2D eigenvalue weighted by Gasteiger charge is 2.46. The summed E-state index contributed by atoms with van der Waals surface area (Å²) in [5.74, 6) is -2.08. The number of rotatable bonds is 12. The second-order valence-corrected chi connectivity index (χ2v) is 21.0. The van der Waals surface area contributed by atoms with Crippen molar-refractivity contribution in [2.75, 3.05) is 19.8 Å². The average Bonchev–Trinajstić information content (AvgIpc) is 3.28. The molecule has 0 saturated carbocycles. The van der Waals surface area contributed by atoms with E-state index in [0.717, 1.165) is 21.0 Å². The first-order valence-corrected chi connectivity index (χ1v) is 24.8. The Morgan fingerprint density at radius 1 is 0.648 bits per heavy atom. The predicted octanol–water partition coefficient (Wildman–Crippen LogP) is 6.34. The van der Waals surface area contributed by atoms with Crippen molar-refractivity contribution < 1.29 is 83.3 Å². The normalized spacial score (nSPS) is 18.0. The zero-order valence-corrected chi connectivity index (χ0v) is 43.0. The van der Waals surface area contributed by atoms with Crippen LogP contribution in [0, 0.1) is 0 Å². The zero-order chi connectivity index (χ0) is 53.0. The minimum atomic E-state index is -4.41. The third-order valence-corrected chi connectivity index (χ3v) is 11.4. The van der Waals surface area contributed by atoms with E-state index in [9.17, 15) is 41.4 Å². The summed E-state index contributed by atoms with van der Waals surface area (Å²) >= 11 is -2.08. The van der Waals surface area contributed by atoms with Gasteiger partial charge in [0.15, 0.2) is 12.1 Å². The predicted molar refractivity (Wildman–Crippen MR) is 255 cm³/mol. The summed E-state index contributed by atoms with van der Waals surface area (Å²) in [4.78, 5) is 72.9. The first kappa shape index (κ1) is 59.2. The summed E-state index contributed by atoms with van der Waals surface area (Å²) in [6.07, 6.45) is -2.52. The molecule has 0 aliphatic carbocycles. The molecule has 3 aromatic rings. The van der Waals surface area contributed by atoms with Gasteiger partial charge >= 0.3 is 46.5 Å². The van der Waals surface area contributed by atoms with Crippen LogP contribution in [0.15, 0.2) is 91.0 Å². The monoisotopic (exact) mass is 1040 g/mol.